The van der Waals surface area contributed by atoms with E-state index < -0.39 is 0 Å². The molecule has 1 amide bonds. The summed E-state index contributed by atoms with van der Waals surface area (Å²) in [6.45, 7) is 8.61. The van der Waals surface area contributed by atoms with Crippen LogP contribution in [0.25, 0.3) is 0 Å². The van der Waals surface area contributed by atoms with Crippen molar-refractivity contribution in [1.82, 2.24) is 5.32 Å². The van der Waals surface area contributed by atoms with Gasteiger partial charge in [0, 0.05) is 18.6 Å². The van der Waals surface area contributed by atoms with Gasteiger partial charge in [0.1, 0.15) is 13.2 Å². The molecule has 1 fully saturated rings. The molecule has 0 spiro atoms. The third-order valence-electron chi connectivity index (χ3n) is 4.48. The van der Waals surface area contributed by atoms with Crippen LogP contribution >= 0.6 is 0 Å². The molecule has 0 aromatic heterocycles. The lowest BCUT2D eigenvalue weighted by Gasteiger charge is -2.28. The SMILES string of the molecule is CCOC1CC1C(=O)NCC(C)(C)c1ccc2c(c1)OCCO2. The Bertz CT molecular complexity index is 584. The number of rotatable bonds is 6. The molecule has 2 unspecified atom stereocenters. The van der Waals surface area contributed by atoms with Gasteiger partial charge in [-0.2, -0.15) is 0 Å². The number of hydrogen-bond acceptors (Lipinski definition) is 4. The Morgan fingerprint density at radius 1 is 1.30 bits per heavy atom. The molecule has 1 aliphatic carbocycles. The van der Waals surface area contributed by atoms with Crippen molar-refractivity contribution in [3.05, 3.63) is 23.8 Å². The van der Waals surface area contributed by atoms with E-state index in [1.165, 1.54) is 0 Å². The number of carbonyl (C=O) groups excluding carboxylic acids is 1. The van der Waals surface area contributed by atoms with Gasteiger partial charge in [0.15, 0.2) is 11.5 Å². The van der Waals surface area contributed by atoms with E-state index in [1.54, 1.807) is 0 Å². The monoisotopic (exact) mass is 319 g/mol. The van der Waals surface area contributed by atoms with Crippen molar-refractivity contribution < 1.29 is 19.0 Å². The molecule has 0 saturated heterocycles. The second kappa shape index (κ2) is 6.40. The zero-order valence-corrected chi connectivity index (χ0v) is 14.1. The minimum absolute atomic E-state index is 0.0195. The van der Waals surface area contributed by atoms with Gasteiger partial charge in [0.25, 0.3) is 0 Å². The maximum absolute atomic E-state index is 12.2. The quantitative estimate of drug-likeness (QED) is 0.874. The lowest BCUT2D eigenvalue weighted by atomic mass is 9.84. The van der Waals surface area contributed by atoms with Crippen molar-refractivity contribution in [3.63, 3.8) is 0 Å². The summed E-state index contributed by atoms with van der Waals surface area (Å²) in [6.07, 6.45) is 0.946. The first kappa shape index (κ1) is 16.1. The van der Waals surface area contributed by atoms with Crippen molar-refractivity contribution >= 4 is 5.91 Å². The Kier molecular flexibility index (Phi) is 4.48. The second-order valence-electron chi connectivity index (χ2n) is 6.80. The van der Waals surface area contributed by atoms with Gasteiger partial charge in [0.2, 0.25) is 5.91 Å². The van der Waals surface area contributed by atoms with E-state index in [1.807, 2.05) is 25.1 Å². The summed E-state index contributed by atoms with van der Waals surface area (Å²) in [7, 11) is 0. The van der Waals surface area contributed by atoms with Crippen LogP contribution in [0.5, 0.6) is 11.5 Å². The highest BCUT2D eigenvalue weighted by Gasteiger charge is 2.44. The van der Waals surface area contributed by atoms with E-state index >= 15 is 0 Å². The molecule has 0 bridgehead atoms. The number of amides is 1. The molecule has 3 rings (SSSR count). The minimum atomic E-state index is -0.179. The van der Waals surface area contributed by atoms with Crippen LogP contribution in [0.1, 0.15) is 32.8 Å². The third kappa shape index (κ3) is 3.61. The number of nitrogens with one attached hydrogen (secondary N) is 1. The zero-order chi connectivity index (χ0) is 16.4. The topological polar surface area (TPSA) is 56.8 Å². The fourth-order valence-corrected chi connectivity index (χ4v) is 2.85. The first-order chi connectivity index (χ1) is 11.0. The van der Waals surface area contributed by atoms with Crippen LogP contribution in [-0.4, -0.2) is 38.4 Å². The van der Waals surface area contributed by atoms with Crippen LogP contribution in [0.4, 0.5) is 0 Å². The Morgan fingerprint density at radius 3 is 2.78 bits per heavy atom. The van der Waals surface area contributed by atoms with Gasteiger partial charge < -0.3 is 19.5 Å². The van der Waals surface area contributed by atoms with Crippen molar-refractivity contribution in [2.24, 2.45) is 5.92 Å². The summed E-state index contributed by atoms with van der Waals surface area (Å²) < 4.78 is 16.7. The number of hydrogen-bond donors (Lipinski definition) is 1. The average molecular weight is 319 g/mol. The van der Waals surface area contributed by atoms with Crippen LogP contribution in [0.3, 0.4) is 0 Å². The molecule has 5 nitrogen and oxygen atoms in total. The van der Waals surface area contributed by atoms with E-state index in [-0.39, 0.29) is 23.3 Å². The van der Waals surface area contributed by atoms with E-state index in [0.29, 0.717) is 26.4 Å². The molecule has 1 saturated carbocycles. The van der Waals surface area contributed by atoms with E-state index in [0.717, 1.165) is 23.5 Å². The molecular formula is C18H25NO4. The second-order valence-corrected chi connectivity index (χ2v) is 6.80. The molecule has 1 N–H and O–H groups in total. The van der Waals surface area contributed by atoms with Gasteiger partial charge in [-0.15, -0.1) is 0 Å². The lowest BCUT2D eigenvalue weighted by Crippen LogP contribution is -2.38. The summed E-state index contributed by atoms with van der Waals surface area (Å²) in [5.74, 6) is 1.68. The first-order valence-electron chi connectivity index (χ1n) is 8.30. The first-order valence-corrected chi connectivity index (χ1v) is 8.30. The lowest BCUT2D eigenvalue weighted by molar-refractivity contribution is -0.123. The van der Waals surface area contributed by atoms with Gasteiger partial charge in [0.05, 0.1) is 12.0 Å². The third-order valence-corrected chi connectivity index (χ3v) is 4.48. The number of fused-ring (bicyclic) bond motifs is 1. The van der Waals surface area contributed by atoms with Crippen molar-refractivity contribution in [1.29, 1.82) is 0 Å². The molecule has 5 heteroatoms. The van der Waals surface area contributed by atoms with Gasteiger partial charge in [-0.1, -0.05) is 19.9 Å². The molecule has 2 aliphatic rings. The van der Waals surface area contributed by atoms with Crippen molar-refractivity contribution in [2.75, 3.05) is 26.4 Å². The highest BCUT2D eigenvalue weighted by atomic mass is 16.6. The van der Waals surface area contributed by atoms with Gasteiger partial charge >= 0.3 is 0 Å². The highest BCUT2D eigenvalue weighted by Crippen LogP contribution is 2.36. The molecule has 126 valence electrons. The van der Waals surface area contributed by atoms with E-state index in [4.69, 9.17) is 14.2 Å². The summed E-state index contributed by atoms with van der Waals surface area (Å²) in [5.41, 5.74) is 0.945. The molecular weight excluding hydrogens is 294 g/mol. The Balaban J connectivity index is 1.59. The summed E-state index contributed by atoms with van der Waals surface area (Å²) in [5, 5.41) is 3.06. The van der Waals surface area contributed by atoms with Crippen LogP contribution < -0.4 is 14.8 Å². The molecule has 23 heavy (non-hydrogen) atoms. The number of carbonyl (C=O) groups is 1. The maximum atomic E-state index is 12.2. The highest BCUT2D eigenvalue weighted by molar-refractivity contribution is 5.82. The minimum Gasteiger partial charge on any atom is -0.486 e. The van der Waals surface area contributed by atoms with Crippen molar-refractivity contribution in [2.45, 2.75) is 38.7 Å². The van der Waals surface area contributed by atoms with Crippen LogP contribution in [0.15, 0.2) is 18.2 Å². The maximum Gasteiger partial charge on any atom is 0.225 e. The molecule has 1 aromatic carbocycles. The van der Waals surface area contributed by atoms with Gasteiger partial charge in [-0.25, -0.2) is 0 Å². The van der Waals surface area contributed by atoms with Crippen LogP contribution in [0, 0.1) is 5.92 Å². The van der Waals surface area contributed by atoms with Gasteiger partial charge in [-0.3, -0.25) is 4.79 Å². The van der Waals surface area contributed by atoms with Crippen LogP contribution in [0.2, 0.25) is 0 Å². The van der Waals surface area contributed by atoms with E-state index in [9.17, 15) is 4.79 Å². The molecule has 1 aliphatic heterocycles. The summed E-state index contributed by atoms with van der Waals surface area (Å²) in [6, 6.07) is 6.00. The predicted molar refractivity (Wildman–Crippen MR) is 87.0 cm³/mol. The van der Waals surface area contributed by atoms with Gasteiger partial charge in [-0.05, 0) is 31.0 Å². The largest absolute Gasteiger partial charge is 0.486 e. The number of benzene rings is 1. The molecule has 0 radical (unpaired) electrons. The Labute approximate surface area is 137 Å². The smallest absolute Gasteiger partial charge is 0.225 e. The fraction of sp³-hybridized carbons (Fsp3) is 0.611. The summed E-state index contributed by atoms with van der Waals surface area (Å²) >= 11 is 0. The Hall–Kier alpha value is -1.75. The van der Waals surface area contributed by atoms with E-state index in [2.05, 4.69) is 19.2 Å². The Morgan fingerprint density at radius 2 is 2.04 bits per heavy atom. The normalized spacial score (nSPS) is 22.6. The average Bonchev–Trinajstić information content (AvgIpc) is 3.32. The molecule has 1 aromatic rings. The zero-order valence-electron chi connectivity index (χ0n) is 14.1. The number of ether oxygens (including phenoxy) is 3. The van der Waals surface area contributed by atoms with Crippen molar-refractivity contribution in [3.8, 4) is 11.5 Å². The summed E-state index contributed by atoms with van der Waals surface area (Å²) in [4.78, 5) is 12.2. The van der Waals surface area contributed by atoms with Crippen LogP contribution in [-0.2, 0) is 14.9 Å². The fourth-order valence-electron chi connectivity index (χ4n) is 2.85. The molecule has 2 atom stereocenters. The predicted octanol–water partition coefficient (Wildman–Crippen LogP) is 2.28. The standard InChI is InChI=1S/C18H25NO4/c1-4-21-15-10-13(15)17(20)19-11-18(2,3)12-5-6-14-16(9-12)23-8-7-22-14/h5-6,9,13,15H,4,7-8,10-11H2,1-3H3,(H,19,20). The molecule has 1 heterocycles.